The van der Waals surface area contributed by atoms with Crippen LogP contribution in [-0.4, -0.2) is 17.0 Å². The number of halogens is 2. The molecule has 106 valence electrons. The van der Waals surface area contributed by atoms with Crippen molar-refractivity contribution in [3.63, 3.8) is 0 Å². The summed E-state index contributed by atoms with van der Waals surface area (Å²) in [7, 11) is 1.85. The molecule has 0 atom stereocenters. The summed E-state index contributed by atoms with van der Waals surface area (Å²) in [4.78, 5) is 8.47. The Labute approximate surface area is 126 Å². The molecule has 3 rings (SSSR count). The fourth-order valence-electron chi connectivity index (χ4n) is 2.02. The number of rotatable bonds is 3. The van der Waals surface area contributed by atoms with E-state index in [1.807, 2.05) is 25.2 Å². The molecule has 0 saturated carbocycles. The van der Waals surface area contributed by atoms with Crippen LogP contribution in [0.2, 0.25) is 5.02 Å². The Morgan fingerprint density at radius 2 is 1.86 bits per heavy atom. The topological polar surface area (TPSA) is 49.8 Å². The summed E-state index contributed by atoms with van der Waals surface area (Å²) in [6.45, 7) is 0. The lowest BCUT2D eigenvalue weighted by atomic mass is 10.2. The number of benzene rings is 2. The van der Waals surface area contributed by atoms with E-state index in [1.165, 1.54) is 18.5 Å². The van der Waals surface area contributed by atoms with E-state index >= 15 is 0 Å². The predicted molar refractivity (Wildman–Crippen MR) is 83.8 cm³/mol. The van der Waals surface area contributed by atoms with E-state index in [9.17, 15) is 4.39 Å². The van der Waals surface area contributed by atoms with Crippen molar-refractivity contribution in [3.8, 4) is 0 Å². The molecular formula is C15H12ClFN4. The largest absolute Gasteiger partial charge is 0.388 e. The first kappa shape index (κ1) is 13.6. The molecule has 6 heteroatoms. The van der Waals surface area contributed by atoms with Gasteiger partial charge in [-0.2, -0.15) is 0 Å². The number of hydrogen-bond donors (Lipinski definition) is 2. The second kappa shape index (κ2) is 5.54. The van der Waals surface area contributed by atoms with Gasteiger partial charge in [-0.05, 0) is 36.4 Å². The molecule has 1 heterocycles. The molecule has 2 aromatic carbocycles. The molecule has 3 aromatic rings. The Bertz CT molecular complexity index is 807. The van der Waals surface area contributed by atoms with Crippen LogP contribution >= 0.6 is 11.6 Å². The van der Waals surface area contributed by atoms with E-state index in [0.29, 0.717) is 11.5 Å². The van der Waals surface area contributed by atoms with Gasteiger partial charge >= 0.3 is 0 Å². The number of nitrogens with zero attached hydrogens (tertiary/aromatic N) is 2. The van der Waals surface area contributed by atoms with E-state index in [-0.39, 0.29) is 5.02 Å². The van der Waals surface area contributed by atoms with Crippen molar-refractivity contribution in [1.29, 1.82) is 0 Å². The van der Waals surface area contributed by atoms with E-state index in [1.54, 1.807) is 6.07 Å². The Morgan fingerprint density at radius 1 is 1.05 bits per heavy atom. The average Bonchev–Trinajstić information content (AvgIpc) is 2.51. The van der Waals surface area contributed by atoms with Crippen molar-refractivity contribution >= 4 is 39.7 Å². The number of fused-ring (bicyclic) bond motifs is 1. The standard InChI is InChI=1S/C15H12ClFN4/c1-18-9-3-5-14-11(6-9)15(20-8-19-14)21-10-2-4-13(17)12(16)7-10/h2-8,18H,1H3,(H,19,20,21). The van der Waals surface area contributed by atoms with Crippen LogP contribution in [0.1, 0.15) is 0 Å². The minimum absolute atomic E-state index is 0.0641. The van der Waals surface area contributed by atoms with E-state index in [2.05, 4.69) is 20.6 Å². The minimum Gasteiger partial charge on any atom is -0.388 e. The molecule has 0 radical (unpaired) electrons. The van der Waals surface area contributed by atoms with Gasteiger partial charge in [0.25, 0.3) is 0 Å². The monoisotopic (exact) mass is 302 g/mol. The molecule has 0 spiro atoms. The van der Waals surface area contributed by atoms with Gasteiger partial charge in [-0.3, -0.25) is 0 Å². The van der Waals surface area contributed by atoms with Gasteiger partial charge in [-0.25, -0.2) is 14.4 Å². The van der Waals surface area contributed by atoms with Gasteiger partial charge in [0.2, 0.25) is 0 Å². The number of hydrogen-bond acceptors (Lipinski definition) is 4. The first-order valence-electron chi connectivity index (χ1n) is 6.32. The number of nitrogens with one attached hydrogen (secondary N) is 2. The molecule has 4 nitrogen and oxygen atoms in total. The van der Waals surface area contributed by atoms with Crippen LogP contribution in [0.4, 0.5) is 21.6 Å². The fraction of sp³-hybridized carbons (Fsp3) is 0.0667. The smallest absolute Gasteiger partial charge is 0.141 e. The minimum atomic E-state index is -0.452. The van der Waals surface area contributed by atoms with Crippen molar-refractivity contribution in [2.45, 2.75) is 0 Å². The van der Waals surface area contributed by atoms with Crippen molar-refractivity contribution in [2.75, 3.05) is 17.7 Å². The normalized spacial score (nSPS) is 10.6. The third-order valence-corrected chi connectivity index (χ3v) is 3.40. The van der Waals surface area contributed by atoms with Crippen LogP contribution in [0.5, 0.6) is 0 Å². The van der Waals surface area contributed by atoms with Crippen LogP contribution in [0, 0.1) is 5.82 Å². The van der Waals surface area contributed by atoms with Gasteiger partial charge in [-0.15, -0.1) is 0 Å². The zero-order valence-electron chi connectivity index (χ0n) is 11.2. The van der Waals surface area contributed by atoms with Gasteiger partial charge < -0.3 is 10.6 Å². The molecule has 0 unspecified atom stereocenters. The Kier molecular flexibility index (Phi) is 3.58. The lowest BCUT2D eigenvalue weighted by Gasteiger charge is -2.10. The molecule has 1 aromatic heterocycles. The predicted octanol–water partition coefficient (Wildman–Crippen LogP) is 4.21. The molecule has 0 amide bonds. The molecule has 0 saturated heterocycles. The highest BCUT2D eigenvalue weighted by atomic mass is 35.5. The molecule has 2 N–H and O–H groups in total. The molecule has 0 aliphatic rings. The molecular weight excluding hydrogens is 291 g/mol. The lowest BCUT2D eigenvalue weighted by Crippen LogP contribution is -1.97. The van der Waals surface area contributed by atoms with Crippen molar-refractivity contribution < 1.29 is 4.39 Å². The van der Waals surface area contributed by atoms with Crippen LogP contribution in [0.15, 0.2) is 42.7 Å². The summed E-state index contributed by atoms with van der Waals surface area (Å²) in [6, 6.07) is 10.2. The van der Waals surface area contributed by atoms with Gasteiger partial charge in [0.1, 0.15) is 18.0 Å². The lowest BCUT2D eigenvalue weighted by molar-refractivity contribution is 0.628. The Morgan fingerprint density at radius 3 is 2.62 bits per heavy atom. The highest BCUT2D eigenvalue weighted by molar-refractivity contribution is 6.31. The van der Waals surface area contributed by atoms with Crippen LogP contribution in [0.3, 0.4) is 0 Å². The fourth-order valence-corrected chi connectivity index (χ4v) is 2.20. The van der Waals surface area contributed by atoms with Gasteiger partial charge in [0, 0.05) is 23.8 Å². The highest BCUT2D eigenvalue weighted by Crippen LogP contribution is 2.27. The maximum absolute atomic E-state index is 13.2. The van der Waals surface area contributed by atoms with Gasteiger partial charge in [0.05, 0.1) is 10.5 Å². The summed E-state index contributed by atoms with van der Waals surface area (Å²) in [5, 5.41) is 7.14. The van der Waals surface area contributed by atoms with E-state index in [4.69, 9.17) is 11.6 Å². The summed E-state index contributed by atoms with van der Waals surface area (Å²) in [6.07, 6.45) is 1.48. The van der Waals surface area contributed by atoms with Gasteiger partial charge in [0.15, 0.2) is 0 Å². The molecule has 21 heavy (non-hydrogen) atoms. The highest BCUT2D eigenvalue weighted by Gasteiger charge is 2.06. The number of aromatic nitrogens is 2. The SMILES string of the molecule is CNc1ccc2ncnc(Nc3ccc(F)c(Cl)c3)c2c1. The van der Waals surface area contributed by atoms with Crippen LogP contribution < -0.4 is 10.6 Å². The average molecular weight is 303 g/mol. The quantitative estimate of drug-likeness (QED) is 0.761. The maximum Gasteiger partial charge on any atom is 0.141 e. The third-order valence-electron chi connectivity index (χ3n) is 3.11. The summed E-state index contributed by atoms with van der Waals surface area (Å²) < 4.78 is 13.2. The van der Waals surface area contributed by atoms with Gasteiger partial charge in [-0.1, -0.05) is 11.6 Å². The molecule has 0 bridgehead atoms. The summed E-state index contributed by atoms with van der Waals surface area (Å²) in [5.74, 6) is 0.187. The Hall–Kier alpha value is -2.40. The second-order valence-electron chi connectivity index (χ2n) is 4.46. The second-order valence-corrected chi connectivity index (χ2v) is 4.87. The van der Waals surface area contributed by atoms with E-state index < -0.39 is 5.82 Å². The molecule has 0 aliphatic carbocycles. The molecule has 0 fully saturated rings. The molecule has 0 aliphatic heterocycles. The van der Waals surface area contributed by atoms with Crippen molar-refractivity contribution in [3.05, 3.63) is 53.6 Å². The summed E-state index contributed by atoms with van der Waals surface area (Å²) >= 11 is 5.79. The van der Waals surface area contributed by atoms with E-state index in [0.717, 1.165) is 16.6 Å². The number of anilines is 3. The van der Waals surface area contributed by atoms with Crippen molar-refractivity contribution in [1.82, 2.24) is 9.97 Å². The summed E-state index contributed by atoms with van der Waals surface area (Å²) in [5.41, 5.74) is 2.44. The van der Waals surface area contributed by atoms with Crippen LogP contribution in [-0.2, 0) is 0 Å². The Balaban J connectivity index is 2.05. The van der Waals surface area contributed by atoms with Crippen LogP contribution in [0.25, 0.3) is 10.9 Å². The zero-order valence-corrected chi connectivity index (χ0v) is 11.9. The third kappa shape index (κ3) is 2.73. The first-order chi connectivity index (χ1) is 10.2. The van der Waals surface area contributed by atoms with Crippen molar-refractivity contribution in [2.24, 2.45) is 0 Å². The first-order valence-corrected chi connectivity index (χ1v) is 6.70. The maximum atomic E-state index is 13.2. The zero-order chi connectivity index (χ0) is 14.8.